The Balaban J connectivity index is 1.65. The summed E-state index contributed by atoms with van der Waals surface area (Å²) in [5.74, 6) is 1.46. The molecule has 0 atom stereocenters. The van der Waals surface area contributed by atoms with Crippen molar-refractivity contribution in [2.45, 2.75) is 19.8 Å². The molecular formula is C19H17Cl2N3O3. The van der Waals surface area contributed by atoms with Gasteiger partial charge in [0.15, 0.2) is 0 Å². The number of aryl methyl sites for hydroxylation is 1. The van der Waals surface area contributed by atoms with Gasteiger partial charge < -0.3 is 14.7 Å². The molecule has 0 spiro atoms. The van der Waals surface area contributed by atoms with Gasteiger partial charge in [-0.25, -0.2) is 4.98 Å². The lowest BCUT2D eigenvalue weighted by molar-refractivity contribution is 0.0951. The van der Waals surface area contributed by atoms with E-state index >= 15 is 0 Å². The zero-order chi connectivity index (χ0) is 19.4. The molecule has 0 saturated carbocycles. The van der Waals surface area contributed by atoms with Crippen molar-refractivity contribution in [2.75, 3.05) is 6.54 Å². The molecule has 2 aromatic heterocycles. The minimum absolute atomic E-state index is 0.0559. The number of nitrogens with one attached hydrogen (secondary N) is 2. The van der Waals surface area contributed by atoms with Crippen molar-refractivity contribution >= 4 is 29.1 Å². The van der Waals surface area contributed by atoms with Crippen LogP contribution in [0.15, 0.2) is 45.7 Å². The van der Waals surface area contributed by atoms with Crippen LogP contribution in [0, 0.1) is 6.92 Å². The number of aromatic nitrogens is 2. The Morgan fingerprint density at radius 3 is 2.59 bits per heavy atom. The zero-order valence-electron chi connectivity index (χ0n) is 14.5. The fraction of sp³-hybridized carbons (Fsp3) is 0.211. The van der Waals surface area contributed by atoms with E-state index in [1.807, 2.05) is 19.1 Å². The minimum atomic E-state index is -0.519. The number of furan rings is 1. The molecule has 2 heterocycles. The lowest BCUT2D eigenvalue weighted by Gasteiger charge is -2.07. The molecule has 3 aromatic rings. The zero-order valence-corrected chi connectivity index (χ0v) is 16.0. The normalized spacial score (nSPS) is 10.8. The van der Waals surface area contributed by atoms with Gasteiger partial charge in [-0.2, -0.15) is 0 Å². The number of nitrogens with zero attached hydrogens (tertiary/aromatic N) is 1. The maximum atomic E-state index is 12.2. The van der Waals surface area contributed by atoms with Crippen molar-refractivity contribution in [2.24, 2.45) is 0 Å². The smallest absolute Gasteiger partial charge is 0.263 e. The number of hydrogen-bond donors (Lipinski definition) is 2. The van der Waals surface area contributed by atoms with Crippen molar-refractivity contribution in [3.05, 3.63) is 85.4 Å². The highest BCUT2D eigenvalue weighted by Crippen LogP contribution is 2.25. The summed E-state index contributed by atoms with van der Waals surface area (Å²) in [5.41, 5.74) is 0.0871. The van der Waals surface area contributed by atoms with Crippen LogP contribution in [0.4, 0.5) is 0 Å². The van der Waals surface area contributed by atoms with Crippen LogP contribution in [0.3, 0.4) is 0 Å². The summed E-state index contributed by atoms with van der Waals surface area (Å²) in [5, 5.41) is 3.66. The molecule has 3 rings (SSSR count). The third-order valence-corrected chi connectivity index (χ3v) is 4.66. The van der Waals surface area contributed by atoms with Crippen molar-refractivity contribution < 1.29 is 9.21 Å². The molecule has 0 saturated heterocycles. The molecule has 0 aliphatic rings. The number of carbonyl (C=O) groups is 1. The second-order valence-electron chi connectivity index (χ2n) is 5.97. The molecule has 1 amide bonds. The first-order valence-corrected chi connectivity index (χ1v) is 9.04. The van der Waals surface area contributed by atoms with E-state index in [0.29, 0.717) is 34.4 Å². The maximum Gasteiger partial charge on any atom is 0.263 e. The summed E-state index contributed by atoms with van der Waals surface area (Å²) < 4.78 is 5.43. The van der Waals surface area contributed by atoms with Crippen LogP contribution in [-0.2, 0) is 12.8 Å². The van der Waals surface area contributed by atoms with Crippen molar-refractivity contribution in [1.82, 2.24) is 15.3 Å². The van der Waals surface area contributed by atoms with Crippen molar-refractivity contribution in [1.29, 1.82) is 0 Å². The molecule has 0 bridgehead atoms. The Kier molecular flexibility index (Phi) is 5.98. The van der Waals surface area contributed by atoms with E-state index < -0.39 is 11.5 Å². The Labute approximate surface area is 165 Å². The molecule has 0 aliphatic carbocycles. The van der Waals surface area contributed by atoms with Crippen LogP contribution in [0.25, 0.3) is 0 Å². The molecule has 140 valence electrons. The molecule has 2 N–H and O–H groups in total. The quantitative estimate of drug-likeness (QED) is 0.656. The second-order valence-corrected chi connectivity index (χ2v) is 6.78. The fourth-order valence-corrected chi connectivity index (χ4v) is 3.10. The van der Waals surface area contributed by atoms with Crippen molar-refractivity contribution in [3.63, 3.8) is 0 Å². The van der Waals surface area contributed by atoms with Gasteiger partial charge in [0.1, 0.15) is 22.9 Å². The lowest BCUT2D eigenvalue weighted by atomic mass is 10.1. The summed E-state index contributed by atoms with van der Waals surface area (Å²) in [6.45, 7) is 2.20. The minimum Gasteiger partial charge on any atom is -0.466 e. The highest BCUT2D eigenvalue weighted by Gasteiger charge is 2.14. The Morgan fingerprint density at radius 2 is 1.96 bits per heavy atom. The SMILES string of the molecule is Cc1ccc(CCNC(=O)c2cnc(Cc3c(Cl)cccc3Cl)[nH]c2=O)o1. The summed E-state index contributed by atoms with van der Waals surface area (Å²) in [4.78, 5) is 31.2. The van der Waals surface area contributed by atoms with E-state index in [2.05, 4.69) is 15.3 Å². The van der Waals surface area contributed by atoms with E-state index in [-0.39, 0.29) is 12.0 Å². The Morgan fingerprint density at radius 1 is 1.22 bits per heavy atom. The number of amides is 1. The number of H-pyrrole nitrogens is 1. The number of aromatic amines is 1. The van der Waals surface area contributed by atoms with Crippen LogP contribution >= 0.6 is 23.2 Å². The third kappa shape index (κ3) is 4.78. The predicted molar refractivity (Wildman–Crippen MR) is 104 cm³/mol. The van der Waals surface area contributed by atoms with Gasteiger partial charge in [0.25, 0.3) is 11.5 Å². The van der Waals surface area contributed by atoms with Gasteiger partial charge in [0.05, 0.1) is 0 Å². The van der Waals surface area contributed by atoms with Gasteiger partial charge in [-0.15, -0.1) is 0 Å². The topological polar surface area (TPSA) is 88.0 Å². The predicted octanol–water partition coefficient (Wildman–Crippen LogP) is 3.54. The fourth-order valence-electron chi connectivity index (χ4n) is 2.57. The average molecular weight is 406 g/mol. The summed E-state index contributed by atoms with van der Waals surface area (Å²) in [6.07, 6.45) is 2.05. The van der Waals surface area contributed by atoms with Crippen molar-refractivity contribution in [3.8, 4) is 0 Å². The highest BCUT2D eigenvalue weighted by atomic mass is 35.5. The molecule has 6 nitrogen and oxygen atoms in total. The molecule has 8 heteroatoms. The number of carbonyl (C=O) groups excluding carboxylic acids is 1. The highest BCUT2D eigenvalue weighted by molar-refractivity contribution is 6.36. The molecule has 1 aromatic carbocycles. The van der Waals surface area contributed by atoms with Crippen LogP contribution in [0.2, 0.25) is 10.0 Å². The molecule has 0 aliphatic heterocycles. The Bertz CT molecular complexity index is 1010. The molecule has 27 heavy (non-hydrogen) atoms. The molecule has 0 radical (unpaired) electrons. The van der Waals surface area contributed by atoms with Crippen LogP contribution in [0.1, 0.15) is 33.3 Å². The van der Waals surface area contributed by atoms with Crippen LogP contribution < -0.4 is 10.9 Å². The Hall–Kier alpha value is -2.57. The second kappa shape index (κ2) is 8.41. The number of rotatable bonds is 6. The van der Waals surface area contributed by atoms with Crippen LogP contribution in [0.5, 0.6) is 0 Å². The summed E-state index contributed by atoms with van der Waals surface area (Å²) >= 11 is 12.3. The first kappa shape index (κ1) is 19.2. The van der Waals surface area contributed by atoms with Gasteiger partial charge in [-0.05, 0) is 36.8 Å². The molecule has 0 unspecified atom stereocenters. The van der Waals surface area contributed by atoms with Crippen LogP contribution in [-0.4, -0.2) is 22.4 Å². The molecular weight excluding hydrogens is 389 g/mol. The lowest BCUT2D eigenvalue weighted by Crippen LogP contribution is -2.31. The van der Waals surface area contributed by atoms with E-state index in [9.17, 15) is 9.59 Å². The van der Waals surface area contributed by atoms with Gasteiger partial charge in [-0.3, -0.25) is 9.59 Å². The number of hydrogen-bond acceptors (Lipinski definition) is 4. The number of halogens is 2. The van der Waals surface area contributed by atoms with E-state index in [1.165, 1.54) is 6.20 Å². The largest absolute Gasteiger partial charge is 0.466 e. The first-order chi connectivity index (χ1) is 12.9. The average Bonchev–Trinajstić information content (AvgIpc) is 3.03. The first-order valence-electron chi connectivity index (χ1n) is 8.28. The number of benzene rings is 1. The van der Waals surface area contributed by atoms with E-state index in [0.717, 1.165) is 11.5 Å². The monoisotopic (exact) mass is 405 g/mol. The van der Waals surface area contributed by atoms with Gasteiger partial charge >= 0.3 is 0 Å². The van der Waals surface area contributed by atoms with E-state index in [1.54, 1.807) is 18.2 Å². The third-order valence-electron chi connectivity index (χ3n) is 3.96. The standard InChI is InChI=1S/C19H17Cl2N3O3/c1-11-5-6-12(27-11)7-8-22-18(25)14-10-23-17(24-19(14)26)9-13-15(20)3-2-4-16(13)21/h2-6,10H,7-9H2,1H3,(H,22,25)(H,23,24,26). The van der Waals surface area contributed by atoms with Gasteiger partial charge in [0.2, 0.25) is 0 Å². The molecule has 0 fully saturated rings. The summed E-state index contributed by atoms with van der Waals surface area (Å²) in [7, 11) is 0. The maximum absolute atomic E-state index is 12.2. The van der Waals surface area contributed by atoms with Gasteiger partial charge in [-0.1, -0.05) is 29.3 Å². The summed E-state index contributed by atoms with van der Waals surface area (Å²) in [6, 6.07) is 8.87. The van der Waals surface area contributed by atoms with Gasteiger partial charge in [0, 0.05) is 35.6 Å². The van der Waals surface area contributed by atoms with E-state index in [4.69, 9.17) is 27.6 Å².